The third-order valence-corrected chi connectivity index (χ3v) is 4.28. The highest BCUT2D eigenvalue weighted by Crippen LogP contribution is 2.32. The minimum absolute atomic E-state index is 0.0639. The van der Waals surface area contributed by atoms with Crippen LogP contribution in [-0.4, -0.2) is 41.2 Å². The molecule has 2 heterocycles. The van der Waals surface area contributed by atoms with Crippen molar-refractivity contribution in [1.29, 1.82) is 0 Å². The van der Waals surface area contributed by atoms with Crippen LogP contribution in [0.25, 0.3) is 0 Å². The highest BCUT2D eigenvalue weighted by Gasteiger charge is 2.32. The lowest BCUT2D eigenvalue weighted by Gasteiger charge is -2.33. The van der Waals surface area contributed by atoms with Gasteiger partial charge in [-0.15, -0.1) is 0 Å². The molecular weight excluding hydrogens is 371 g/mol. The number of carbonyl (C=O) groups is 1. The molecule has 1 fully saturated rings. The van der Waals surface area contributed by atoms with Gasteiger partial charge < -0.3 is 15.0 Å². The molecule has 0 bridgehead atoms. The monoisotopic (exact) mass is 393 g/mol. The summed E-state index contributed by atoms with van der Waals surface area (Å²) in [6, 6.07) is 0.863. The number of rotatable bonds is 3. The summed E-state index contributed by atoms with van der Waals surface area (Å²) in [5.41, 5.74) is -1.40. The fraction of sp³-hybridized carbons (Fsp3) is 0.647. The van der Waals surface area contributed by atoms with Crippen molar-refractivity contribution in [2.75, 3.05) is 25.0 Å². The van der Waals surface area contributed by atoms with E-state index < -0.39 is 17.3 Å². The van der Waals surface area contributed by atoms with Crippen molar-refractivity contribution in [3.05, 3.63) is 22.8 Å². The first-order chi connectivity index (χ1) is 12.0. The predicted octanol–water partition coefficient (Wildman–Crippen LogP) is 4.81. The van der Waals surface area contributed by atoms with Gasteiger partial charge in [-0.1, -0.05) is 11.6 Å². The second-order valence-corrected chi connectivity index (χ2v) is 7.75. The Bertz CT molecular complexity index is 639. The predicted molar refractivity (Wildman–Crippen MR) is 93.3 cm³/mol. The lowest BCUT2D eigenvalue weighted by atomic mass is 9.97. The van der Waals surface area contributed by atoms with E-state index in [4.69, 9.17) is 16.3 Å². The fourth-order valence-electron chi connectivity index (χ4n) is 2.61. The molecule has 0 spiro atoms. The zero-order valence-electron chi connectivity index (χ0n) is 15.0. The average molecular weight is 394 g/mol. The summed E-state index contributed by atoms with van der Waals surface area (Å²) in [5.74, 6) is 0.503. The van der Waals surface area contributed by atoms with Crippen LogP contribution >= 0.6 is 11.6 Å². The van der Waals surface area contributed by atoms with Gasteiger partial charge in [0.2, 0.25) is 0 Å². The normalized spacial score (nSPS) is 16.5. The van der Waals surface area contributed by atoms with E-state index in [0.717, 1.165) is 25.1 Å². The summed E-state index contributed by atoms with van der Waals surface area (Å²) in [6.45, 7) is 7.15. The van der Waals surface area contributed by atoms with Gasteiger partial charge in [0.25, 0.3) is 0 Å². The number of anilines is 1. The summed E-state index contributed by atoms with van der Waals surface area (Å²) in [5, 5.41) is 2.93. The van der Waals surface area contributed by atoms with Gasteiger partial charge in [-0.2, -0.15) is 13.2 Å². The first kappa shape index (κ1) is 20.6. The van der Waals surface area contributed by atoms with E-state index in [0.29, 0.717) is 19.6 Å². The summed E-state index contributed by atoms with van der Waals surface area (Å²) in [7, 11) is 0. The maximum absolute atomic E-state index is 12.6. The molecule has 1 aliphatic heterocycles. The molecule has 2 rings (SSSR count). The number of ether oxygens (including phenoxy) is 1. The number of hydrogen-bond acceptors (Lipinski definition) is 4. The van der Waals surface area contributed by atoms with Crippen LogP contribution in [0.5, 0.6) is 0 Å². The van der Waals surface area contributed by atoms with Crippen LogP contribution in [0.2, 0.25) is 5.02 Å². The summed E-state index contributed by atoms with van der Waals surface area (Å²) < 4.78 is 43.2. The number of carbonyl (C=O) groups excluding carboxylic acids is 1. The van der Waals surface area contributed by atoms with E-state index in [1.165, 1.54) is 0 Å². The Morgan fingerprint density at radius 3 is 2.46 bits per heavy atom. The Morgan fingerprint density at radius 2 is 1.96 bits per heavy atom. The number of amides is 1. The maximum atomic E-state index is 12.6. The lowest BCUT2D eigenvalue weighted by Crippen LogP contribution is -2.42. The van der Waals surface area contributed by atoms with Crippen molar-refractivity contribution >= 4 is 23.5 Å². The van der Waals surface area contributed by atoms with Gasteiger partial charge in [-0.25, -0.2) is 9.78 Å². The summed E-state index contributed by atoms with van der Waals surface area (Å²) in [4.78, 5) is 17.5. The third kappa shape index (κ3) is 5.93. The van der Waals surface area contributed by atoms with E-state index in [9.17, 15) is 18.0 Å². The van der Waals surface area contributed by atoms with E-state index in [2.05, 4.69) is 10.3 Å². The average Bonchev–Trinajstić information content (AvgIpc) is 2.51. The molecule has 1 aromatic rings. The number of halogens is 4. The summed E-state index contributed by atoms with van der Waals surface area (Å²) in [6.07, 6.45) is -2.49. The molecule has 0 radical (unpaired) electrons. The standard InChI is InChI=1S/C17H23ClF3N3O2/c1-16(2,3)26-15(25)24-6-4-11(5-7-24)9-22-14-13(18)8-12(10-23-14)17(19,20)21/h8,10-11H,4-7,9H2,1-3H3,(H,22,23). The number of piperidine rings is 1. The molecule has 1 amide bonds. The molecule has 1 saturated heterocycles. The minimum atomic E-state index is -4.47. The number of hydrogen-bond donors (Lipinski definition) is 1. The Balaban J connectivity index is 1.83. The van der Waals surface area contributed by atoms with E-state index >= 15 is 0 Å². The van der Waals surface area contributed by atoms with Crippen LogP contribution in [0.1, 0.15) is 39.2 Å². The van der Waals surface area contributed by atoms with Crippen LogP contribution in [0.4, 0.5) is 23.8 Å². The summed E-state index contributed by atoms with van der Waals surface area (Å²) >= 11 is 5.88. The van der Waals surface area contributed by atoms with Gasteiger partial charge in [0, 0.05) is 25.8 Å². The van der Waals surface area contributed by atoms with Crippen LogP contribution < -0.4 is 5.32 Å². The quantitative estimate of drug-likeness (QED) is 0.800. The Hall–Kier alpha value is -1.70. The molecule has 146 valence electrons. The molecular formula is C17H23ClF3N3O2. The van der Waals surface area contributed by atoms with Crippen molar-refractivity contribution in [2.45, 2.75) is 45.4 Å². The molecule has 0 aromatic carbocycles. The molecule has 0 unspecified atom stereocenters. The molecule has 1 aliphatic rings. The first-order valence-electron chi connectivity index (χ1n) is 8.40. The molecule has 0 atom stereocenters. The molecule has 1 aromatic heterocycles. The number of alkyl halides is 3. The Kier molecular flexibility index (Phi) is 6.26. The second-order valence-electron chi connectivity index (χ2n) is 7.34. The van der Waals surface area contributed by atoms with Crippen molar-refractivity contribution in [3.8, 4) is 0 Å². The number of nitrogens with one attached hydrogen (secondary N) is 1. The highest BCUT2D eigenvalue weighted by molar-refractivity contribution is 6.32. The smallest absolute Gasteiger partial charge is 0.417 e. The topological polar surface area (TPSA) is 54.5 Å². The second kappa shape index (κ2) is 7.90. The molecule has 9 heteroatoms. The van der Waals surface area contributed by atoms with Gasteiger partial charge in [0.1, 0.15) is 11.4 Å². The highest BCUT2D eigenvalue weighted by atomic mass is 35.5. The van der Waals surface area contributed by atoms with Crippen molar-refractivity contribution < 1.29 is 22.7 Å². The molecule has 0 aliphatic carbocycles. The largest absolute Gasteiger partial charge is 0.444 e. The van der Waals surface area contributed by atoms with Gasteiger partial charge >= 0.3 is 12.3 Å². The van der Waals surface area contributed by atoms with E-state index in [1.807, 2.05) is 20.8 Å². The molecule has 5 nitrogen and oxygen atoms in total. The minimum Gasteiger partial charge on any atom is -0.444 e. The maximum Gasteiger partial charge on any atom is 0.417 e. The van der Waals surface area contributed by atoms with Crippen LogP contribution in [0.3, 0.4) is 0 Å². The molecule has 26 heavy (non-hydrogen) atoms. The molecule has 1 N–H and O–H groups in total. The van der Waals surface area contributed by atoms with E-state index in [-0.39, 0.29) is 22.9 Å². The van der Waals surface area contributed by atoms with Crippen molar-refractivity contribution in [2.24, 2.45) is 5.92 Å². The Morgan fingerprint density at radius 1 is 1.35 bits per heavy atom. The number of nitrogens with zero attached hydrogens (tertiary/aromatic N) is 2. The number of pyridine rings is 1. The number of likely N-dealkylation sites (tertiary alicyclic amines) is 1. The SMILES string of the molecule is CC(C)(C)OC(=O)N1CCC(CNc2ncc(C(F)(F)F)cc2Cl)CC1. The van der Waals surface area contributed by atoms with Gasteiger partial charge in [-0.3, -0.25) is 0 Å². The van der Waals surface area contributed by atoms with Crippen LogP contribution in [0, 0.1) is 5.92 Å². The van der Waals surface area contributed by atoms with Crippen LogP contribution in [-0.2, 0) is 10.9 Å². The molecule has 0 saturated carbocycles. The fourth-order valence-corrected chi connectivity index (χ4v) is 2.84. The van der Waals surface area contributed by atoms with Crippen LogP contribution in [0.15, 0.2) is 12.3 Å². The van der Waals surface area contributed by atoms with Gasteiger partial charge in [-0.05, 0) is 45.6 Å². The van der Waals surface area contributed by atoms with Gasteiger partial charge in [0.15, 0.2) is 0 Å². The zero-order chi connectivity index (χ0) is 19.5. The Labute approximate surface area is 155 Å². The lowest BCUT2D eigenvalue weighted by molar-refractivity contribution is -0.137. The van der Waals surface area contributed by atoms with E-state index in [1.54, 1.807) is 4.90 Å². The third-order valence-electron chi connectivity index (χ3n) is 3.99. The number of aromatic nitrogens is 1. The van der Waals surface area contributed by atoms with Gasteiger partial charge in [0.05, 0.1) is 10.6 Å². The zero-order valence-corrected chi connectivity index (χ0v) is 15.7. The van der Waals surface area contributed by atoms with Crippen molar-refractivity contribution in [1.82, 2.24) is 9.88 Å². The van der Waals surface area contributed by atoms with Crippen molar-refractivity contribution in [3.63, 3.8) is 0 Å². The first-order valence-corrected chi connectivity index (χ1v) is 8.78.